The number of carbonyl (C=O) groups excluding carboxylic acids is 2. The molecule has 2 unspecified atom stereocenters. The van der Waals surface area contributed by atoms with Crippen LogP contribution in [0.2, 0.25) is 0 Å². The van der Waals surface area contributed by atoms with E-state index >= 15 is 0 Å². The van der Waals surface area contributed by atoms with Crippen molar-refractivity contribution in [3.8, 4) is 11.4 Å². The van der Waals surface area contributed by atoms with Gasteiger partial charge < -0.3 is 25.3 Å². The van der Waals surface area contributed by atoms with Crippen molar-refractivity contribution in [1.82, 2.24) is 29.5 Å². The molecule has 4 rings (SSSR count). The van der Waals surface area contributed by atoms with E-state index in [2.05, 4.69) is 31.0 Å². The molecule has 0 amide bonds. The Kier molecular flexibility index (Phi) is 9.24. The summed E-state index contributed by atoms with van der Waals surface area (Å²) in [6.45, 7) is 0. The summed E-state index contributed by atoms with van der Waals surface area (Å²) in [5, 5.41) is 30.0. The third kappa shape index (κ3) is 6.27. The average Bonchev–Trinajstić information content (AvgIpc) is 3.45. The number of carboxylic acid groups (broad SMARTS) is 1. The predicted molar refractivity (Wildman–Crippen MR) is 137 cm³/mol. The largest absolute Gasteiger partial charge is 1.00 e. The van der Waals surface area contributed by atoms with E-state index in [0.29, 0.717) is 37.1 Å². The molecule has 0 aliphatic carbocycles. The fourth-order valence-electron chi connectivity index (χ4n) is 3.50. The second kappa shape index (κ2) is 12.2. The molecule has 16 heteroatoms. The Hall–Kier alpha value is -3.48. The van der Waals surface area contributed by atoms with Gasteiger partial charge in [0, 0.05) is 11.4 Å². The van der Waals surface area contributed by atoms with Crippen LogP contribution in [0.4, 0.5) is 11.4 Å². The number of aliphatic carboxylic acids is 1. The van der Waals surface area contributed by atoms with Crippen molar-refractivity contribution in [1.29, 1.82) is 0 Å². The van der Waals surface area contributed by atoms with Crippen LogP contribution in [0, 0.1) is 14.3 Å². The van der Waals surface area contributed by atoms with Crippen LogP contribution >= 0.6 is 36.7 Å². The van der Waals surface area contributed by atoms with Crippen LogP contribution in [0.3, 0.4) is 0 Å². The number of rotatable bonds is 9. The molecule has 12 nitrogen and oxygen atoms in total. The van der Waals surface area contributed by atoms with E-state index in [1.807, 2.05) is 0 Å². The van der Waals surface area contributed by atoms with Crippen LogP contribution in [-0.2, 0) is 14.3 Å². The summed E-state index contributed by atoms with van der Waals surface area (Å²) in [6.07, 6.45) is 1.49. The van der Waals surface area contributed by atoms with Crippen LogP contribution in [0.5, 0.6) is 0 Å². The first kappa shape index (κ1) is 28.1. The number of aromatic nitrogens is 6. The van der Waals surface area contributed by atoms with Gasteiger partial charge in [-0.25, -0.2) is 4.79 Å². The van der Waals surface area contributed by atoms with E-state index < -0.39 is 24.0 Å². The molecule has 0 aliphatic rings. The minimum Gasteiger partial charge on any atom is -0.548 e. The number of nitrogens with one attached hydrogen (secondary N) is 5. The molecule has 4 aromatic rings. The maximum absolute atomic E-state index is 12.7. The molecule has 0 radical (unpaired) electrons. The normalized spacial score (nSPS) is 12.1. The molecule has 0 saturated carbocycles. The SMILES string of the molecule is COC(=O)C(Nc1cccc(-n2c(=S)[nH][nH]c2=S)c1)C(Nc1cccc(-n2cn[nH]c2=S)c1)C(=O)[O-].[Li+]. The smallest absolute Gasteiger partial charge is 0.548 e. The summed E-state index contributed by atoms with van der Waals surface area (Å²) < 4.78 is 9.10. The topological polar surface area (TPSA) is 161 Å². The van der Waals surface area contributed by atoms with Crippen molar-refractivity contribution in [3.05, 3.63) is 69.2 Å². The number of hydrogen-bond donors (Lipinski definition) is 5. The van der Waals surface area contributed by atoms with Gasteiger partial charge in [-0.2, -0.15) is 5.10 Å². The number of ether oxygens (including phenoxy) is 1. The fraction of sp³-hybridized carbons (Fsp3) is 0.143. The number of aromatic amines is 3. The number of carbonyl (C=O) groups is 2. The second-order valence-electron chi connectivity index (χ2n) is 7.41. The summed E-state index contributed by atoms with van der Waals surface area (Å²) in [7, 11) is 1.17. The molecule has 0 bridgehead atoms. The van der Waals surface area contributed by atoms with E-state index in [4.69, 9.17) is 41.4 Å². The van der Waals surface area contributed by atoms with Gasteiger partial charge in [-0.1, -0.05) is 12.1 Å². The van der Waals surface area contributed by atoms with Crippen molar-refractivity contribution in [2.75, 3.05) is 17.7 Å². The number of H-pyrrole nitrogens is 3. The maximum Gasteiger partial charge on any atom is 1.00 e. The van der Waals surface area contributed by atoms with Gasteiger partial charge in [-0.05, 0) is 73.1 Å². The monoisotopic (exact) mass is 550 g/mol. The van der Waals surface area contributed by atoms with E-state index in [1.165, 1.54) is 13.4 Å². The molecule has 0 aliphatic heterocycles. The van der Waals surface area contributed by atoms with Crippen LogP contribution in [0.1, 0.15) is 0 Å². The minimum atomic E-state index is -1.52. The van der Waals surface area contributed by atoms with E-state index in [1.54, 1.807) is 57.7 Å². The zero-order chi connectivity index (χ0) is 25.8. The van der Waals surface area contributed by atoms with E-state index in [9.17, 15) is 14.7 Å². The summed E-state index contributed by atoms with van der Waals surface area (Å²) in [5.41, 5.74) is 2.05. The number of benzene rings is 2. The molecule has 2 aromatic heterocycles. The zero-order valence-electron chi connectivity index (χ0n) is 19.6. The van der Waals surface area contributed by atoms with Gasteiger partial charge in [0.25, 0.3) is 0 Å². The summed E-state index contributed by atoms with van der Waals surface area (Å²) in [5.74, 6) is -2.33. The van der Waals surface area contributed by atoms with Gasteiger partial charge >= 0.3 is 24.8 Å². The quantitative estimate of drug-likeness (QED) is 0.0996. The Morgan fingerprint density at radius 3 is 2.05 bits per heavy atom. The standard InChI is InChI=1S/C21H20N8O4S3.Li/c1-33-18(32)16(24-12-5-3-7-14(9-12)29-20(35)26-27-21(29)36)15(17(30)31)23-11-4-2-6-13(8-11)28-10-22-25-19(28)34;/h2-10,15-16,23-24H,1H3,(H,25,34)(H,26,35)(H,27,36)(H,30,31);/q;+1/p-1. The molecular weight excluding hydrogens is 531 g/mol. The first-order chi connectivity index (χ1) is 17.3. The average molecular weight is 551 g/mol. The van der Waals surface area contributed by atoms with Crippen molar-refractivity contribution in [2.45, 2.75) is 12.1 Å². The molecular formula is C21H19LiN8O4S3. The van der Waals surface area contributed by atoms with Crippen molar-refractivity contribution in [2.24, 2.45) is 0 Å². The van der Waals surface area contributed by atoms with Crippen molar-refractivity contribution < 1.29 is 38.3 Å². The van der Waals surface area contributed by atoms with Crippen LogP contribution < -0.4 is 34.6 Å². The molecule has 2 atom stereocenters. The van der Waals surface area contributed by atoms with Crippen LogP contribution in [0.15, 0.2) is 54.9 Å². The molecule has 37 heavy (non-hydrogen) atoms. The third-order valence-corrected chi connectivity index (χ3v) is 6.01. The fourth-order valence-corrected chi connectivity index (χ4v) is 4.26. The first-order valence-corrected chi connectivity index (χ1v) is 11.6. The van der Waals surface area contributed by atoms with Gasteiger partial charge in [-0.3, -0.25) is 24.4 Å². The van der Waals surface area contributed by atoms with Gasteiger partial charge in [0.15, 0.2) is 20.4 Å². The number of esters is 1. The third-order valence-electron chi connectivity index (χ3n) is 5.15. The molecule has 186 valence electrons. The summed E-state index contributed by atoms with van der Waals surface area (Å²) in [6, 6.07) is 10.7. The molecule has 0 spiro atoms. The Morgan fingerprint density at radius 1 is 0.946 bits per heavy atom. The summed E-state index contributed by atoms with van der Waals surface area (Å²) in [4.78, 5) is 24.8. The van der Waals surface area contributed by atoms with Crippen LogP contribution in [0.25, 0.3) is 11.4 Å². The van der Waals surface area contributed by atoms with Gasteiger partial charge in [0.2, 0.25) is 0 Å². The number of anilines is 2. The second-order valence-corrected chi connectivity index (χ2v) is 8.57. The number of nitrogens with zero attached hydrogens (tertiary/aromatic N) is 3. The Balaban J connectivity index is 0.00000380. The van der Waals surface area contributed by atoms with Crippen molar-refractivity contribution in [3.63, 3.8) is 0 Å². The Morgan fingerprint density at radius 2 is 1.51 bits per heavy atom. The van der Waals surface area contributed by atoms with Gasteiger partial charge in [0.1, 0.15) is 6.33 Å². The van der Waals surface area contributed by atoms with Crippen LogP contribution in [-0.4, -0.2) is 60.7 Å². The number of carboxylic acids is 1. The molecule has 2 aromatic carbocycles. The molecule has 5 N–H and O–H groups in total. The molecule has 0 saturated heterocycles. The number of hydrogen-bond acceptors (Lipinski definition) is 10. The Bertz CT molecular complexity index is 1560. The minimum absolute atomic E-state index is 0. The van der Waals surface area contributed by atoms with Crippen molar-refractivity contribution >= 4 is 60.0 Å². The predicted octanol–water partition coefficient (Wildman–Crippen LogP) is -0.976. The first-order valence-electron chi connectivity index (χ1n) is 10.3. The van der Waals surface area contributed by atoms with E-state index in [-0.39, 0.29) is 18.9 Å². The maximum atomic E-state index is 12.7. The zero-order valence-corrected chi connectivity index (χ0v) is 22.0. The van der Waals surface area contributed by atoms with Gasteiger partial charge in [0.05, 0.1) is 30.5 Å². The number of methoxy groups -OCH3 is 1. The van der Waals surface area contributed by atoms with Gasteiger partial charge in [-0.15, -0.1) is 0 Å². The van der Waals surface area contributed by atoms with E-state index in [0.717, 1.165) is 0 Å². The summed E-state index contributed by atoms with van der Waals surface area (Å²) >= 11 is 15.7. The molecule has 2 heterocycles. The Labute approximate surface area is 237 Å². The molecule has 0 fully saturated rings.